The van der Waals surface area contributed by atoms with Crippen molar-refractivity contribution in [2.45, 2.75) is 25.6 Å². The van der Waals surface area contributed by atoms with Crippen molar-refractivity contribution in [3.8, 4) is 0 Å². The van der Waals surface area contributed by atoms with E-state index in [4.69, 9.17) is 5.11 Å². The van der Waals surface area contributed by atoms with Gasteiger partial charge in [-0.3, -0.25) is 9.59 Å². The fourth-order valence-corrected chi connectivity index (χ4v) is 4.41. The summed E-state index contributed by atoms with van der Waals surface area (Å²) in [5.41, 5.74) is 1.13. The average Bonchev–Trinajstić information content (AvgIpc) is 3.18. The van der Waals surface area contributed by atoms with E-state index in [1.807, 2.05) is 11.4 Å². The van der Waals surface area contributed by atoms with E-state index in [1.54, 1.807) is 16.2 Å². The molecular formula is C16H20ClF3N2O3S. The van der Waals surface area contributed by atoms with Crippen LogP contribution in [0.4, 0.5) is 13.2 Å². The summed E-state index contributed by atoms with van der Waals surface area (Å²) >= 11 is 1.67. The number of carboxylic acids is 1. The highest BCUT2D eigenvalue weighted by molar-refractivity contribution is 7.10. The molecule has 1 saturated heterocycles. The lowest BCUT2D eigenvalue weighted by molar-refractivity contribution is -0.188. The number of fused-ring (bicyclic) bond motifs is 1. The van der Waals surface area contributed by atoms with Crippen molar-refractivity contribution in [3.05, 3.63) is 21.9 Å². The summed E-state index contributed by atoms with van der Waals surface area (Å²) in [5, 5.41) is 11.0. The van der Waals surface area contributed by atoms with Crippen LogP contribution in [0.25, 0.3) is 0 Å². The number of carboxylic acid groups (broad SMARTS) is 1. The first-order valence-electron chi connectivity index (χ1n) is 8.10. The molecule has 1 N–H and O–H groups in total. The number of nitrogens with zero attached hydrogens (tertiary/aromatic N) is 2. The van der Waals surface area contributed by atoms with Gasteiger partial charge < -0.3 is 14.9 Å². The molecule has 3 heterocycles. The molecule has 1 aromatic heterocycles. The third kappa shape index (κ3) is 4.50. The minimum Gasteiger partial charge on any atom is -0.481 e. The number of halogens is 4. The van der Waals surface area contributed by atoms with Gasteiger partial charge in [-0.05, 0) is 23.4 Å². The van der Waals surface area contributed by atoms with Crippen LogP contribution in [0.1, 0.15) is 16.9 Å². The smallest absolute Gasteiger partial charge is 0.393 e. The van der Waals surface area contributed by atoms with E-state index < -0.39 is 24.0 Å². The Bertz CT molecular complexity index is 667. The van der Waals surface area contributed by atoms with E-state index in [1.165, 1.54) is 9.78 Å². The standard InChI is InChI=1S/C16H19F3N2O3S.ClH/c17-16(18,19)12-9-20(8-11(12)15(23)24)4-2-14(22)21-5-1-13-10(7-21)3-6-25-13;/h3,6,11-12H,1-2,4-5,7-9H2,(H,23,24);1H/t11-,12-;/m1./s1. The molecule has 0 saturated carbocycles. The Kier molecular flexibility index (Phi) is 6.57. The number of aliphatic carboxylic acids is 1. The van der Waals surface area contributed by atoms with Crippen LogP contribution in [0, 0.1) is 11.8 Å². The molecule has 146 valence electrons. The molecule has 0 radical (unpaired) electrons. The molecule has 1 aromatic rings. The van der Waals surface area contributed by atoms with Gasteiger partial charge in [-0.1, -0.05) is 0 Å². The second kappa shape index (κ2) is 8.14. The molecule has 5 nitrogen and oxygen atoms in total. The Morgan fingerprint density at radius 2 is 2.04 bits per heavy atom. The summed E-state index contributed by atoms with van der Waals surface area (Å²) in [6.07, 6.45) is -3.62. The SMILES string of the molecule is Cl.O=C(O)[C@@H]1CN(CCC(=O)N2CCc3sccc3C2)C[C@H]1C(F)(F)F. The van der Waals surface area contributed by atoms with Gasteiger partial charge >= 0.3 is 12.1 Å². The number of hydrogen-bond donors (Lipinski definition) is 1. The molecule has 1 fully saturated rings. The number of amides is 1. The molecule has 2 aliphatic rings. The average molecular weight is 413 g/mol. The lowest BCUT2D eigenvalue weighted by Crippen LogP contribution is -2.37. The van der Waals surface area contributed by atoms with Crippen molar-refractivity contribution in [2.24, 2.45) is 11.8 Å². The summed E-state index contributed by atoms with van der Waals surface area (Å²) in [7, 11) is 0. The van der Waals surface area contributed by atoms with Gasteiger partial charge in [0.1, 0.15) is 0 Å². The summed E-state index contributed by atoms with van der Waals surface area (Å²) in [6.45, 7) is 0.794. The number of rotatable bonds is 4. The van der Waals surface area contributed by atoms with Crippen molar-refractivity contribution in [1.82, 2.24) is 9.80 Å². The van der Waals surface area contributed by atoms with E-state index in [0.717, 1.165) is 12.0 Å². The third-order valence-corrected chi connectivity index (χ3v) is 5.96. The summed E-state index contributed by atoms with van der Waals surface area (Å²) in [6, 6.07) is 1.99. The maximum atomic E-state index is 13.0. The zero-order valence-electron chi connectivity index (χ0n) is 13.9. The van der Waals surface area contributed by atoms with Crippen molar-refractivity contribution in [1.29, 1.82) is 0 Å². The Labute approximate surface area is 159 Å². The van der Waals surface area contributed by atoms with Crippen molar-refractivity contribution in [3.63, 3.8) is 0 Å². The van der Waals surface area contributed by atoms with Crippen LogP contribution < -0.4 is 0 Å². The molecule has 0 bridgehead atoms. The molecule has 2 atom stereocenters. The Balaban J connectivity index is 0.00000243. The normalized spacial score (nSPS) is 23.4. The van der Waals surface area contributed by atoms with E-state index >= 15 is 0 Å². The van der Waals surface area contributed by atoms with Crippen molar-refractivity contribution < 1.29 is 27.9 Å². The Morgan fingerprint density at radius 1 is 1.31 bits per heavy atom. The minimum absolute atomic E-state index is 0. The van der Waals surface area contributed by atoms with Crippen LogP contribution in [-0.4, -0.2) is 59.1 Å². The summed E-state index contributed by atoms with van der Waals surface area (Å²) < 4.78 is 38.9. The Hall–Kier alpha value is -1.32. The first-order chi connectivity index (χ1) is 11.8. The van der Waals surface area contributed by atoms with Crippen LogP contribution >= 0.6 is 23.7 Å². The van der Waals surface area contributed by atoms with E-state index in [-0.39, 0.29) is 44.4 Å². The second-order valence-electron chi connectivity index (χ2n) is 6.54. The van der Waals surface area contributed by atoms with Gasteiger partial charge in [0.2, 0.25) is 5.91 Å². The topological polar surface area (TPSA) is 60.9 Å². The molecule has 2 aliphatic heterocycles. The number of hydrogen-bond acceptors (Lipinski definition) is 4. The van der Waals surface area contributed by atoms with Gasteiger partial charge in [-0.25, -0.2) is 0 Å². The van der Waals surface area contributed by atoms with Gasteiger partial charge in [-0.15, -0.1) is 23.7 Å². The molecule has 0 spiro atoms. The Morgan fingerprint density at radius 3 is 2.65 bits per heavy atom. The van der Waals surface area contributed by atoms with E-state index in [9.17, 15) is 22.8 Å². The van der Waals surface area contributed by atoms with Gasteiger partial charge in [0.25, 0.3) is 0 Å². The van der Waals surface area contributed by atoms with Crippen LogP contribution in [-0.2, 0) is 22.6 Å². The third-order valence-electron chi connectivity index (χ3n) is 4.94. The summed E-state index contributed by atoms with van der Waals surface area (Å²) in [5.74, 6) is -4.86. The summed E-state index contributed by atoms with van der Waals surface area (Å²) in [4.78, 5) is 27.9. The van der Waals surface area contributed by atoms with E-state index in [2.05, 4.69) is 0 Å². The minimum atomic E-state index is -4.54. The van der Waals surface area contributed by atoms with Crippen LogP contribution in [0.3, 0.4) is 0 Å². The number of alkyl halides is 3. The second-order valence-corrected chi connectivity index (χ2v) is 7.54. The lowest BCUT2D eigenvalue weighted by atomic mass is 9.96. The molecule has 3 rings (SSSR count). The zero-order chi connectivity index (χ0) is 18.2. The maximum absolute atomic E-state index is 13.0. The first kappa shape index (κ1) is 21.0. The van der Waals surface area contributed by atoms with Crippen LogP contribution in [0.15, 0.2) is 11.4 Å². The highest BCUT2D eigenvalue weighted by atomic mass is 35.5. The van der Waals surface area contributed by atoms with Gasteiger partial charge in [0.05, 0.1) is 11.8 Å². The van der Waals surface area contributed by atoms with E-state index in [0.29, 0.717) is 13.1 Å². The fourth-order valence-electron chi connectivity index (χ4n) is 3.52. The van der Waals surface area contributed by atoms with Crippen LogP contribution in [0.2, 0.25) is 0 Å². The molecule has 0 aliphatic carbocycles. The fraction of sp³-hybridized carbons (Fsp3) is 0.625. The highest BCUT2D eigenvalue weighted by Crippen LogP contribution is 2.37. The molecule has 10 heteroatoms. The van der Waals surface area contributed by atoms with Gasteiger partial charge in [-0.2, -0.15) is 13.2 Å². The lowest BCUT2D eigenvalue weighted by Gasteiger charge is -2.28. The monoisotopic (exact) mass is 412 g/mol. The molecule has 0 unspecified atom stereocenters. The number of carbonyl (C=O) groups excluding carboxylic acids is 1. The zero-order valence-corrected chi connectivity index (χ0v) is 15.5. The van der Waals surface area contributed by atoms with Crippen molar-refractivity contribution >= 4 is 35.6 Å². The highest BCUT2D eigenvalue weighted by Gasteiger charge is 2.52. The molecular weight excluding hydrogens is 393 g/mol. The number of carbonyl (C=O) groups is 2. The molecule has 0 aromatic carbocycles. The van der Waals surface area contributed by atoms with Crippen LogP contribution in [0.5, 0.6) is 0 Å². The molecule has 26 heavy (non-hydrogen) atoms. The first-order valence-corrected chi connectivity index (χ1v) is 8.98. The molecule has 1 amide bonds. The van der Waals surface area contributed by atoms with Gasteiger partial charge in [0.15, 0.2) is 0 Å². The predicted molar refractivity (Wildman–Crippen MR) is 92.4 cm³/mol. The van der Waals surface area contributed by atoms with Gasteiger partial charge in [0, 0.05) is 44.0 Å². The number of likely N-dealkylation sites (tertiary alicyclic amines) is 1. The maximum Gasteiger partial charge on any atom is 0.393 e. The number of thiophene rings is 1. The predicted octanol–water partition coefficient (Wildman–Crippen LogP) is 2.64. The quantitative estimate of drug-likeness (QED) is 0.826. The largest absolute Gasteiger partial charge is 0.481 e. The van der Waals surface area contributed by atoms with Crippen molar-refractivity contribution in [2.75, 3.05) is 26.2 Å².